The van der Waals surface area contributed by atoms with Crippen LogP contribution >= 0.6 is 11.8 Å². The van der Waals surface area contributed by atoms with Gasteiger partial charge in [0.05, 0.1) is 17.6 Å². The number of hydrogen-bond acceptors (Lipinski definition) is 4. The molecule has 1 aliphatic rings. The van der Waals surface area contributed by atoms with E-state index in [2.05, 4.69) is 5.10 Å². The number of aliphatic carboxylic acids is 1. The first-order valence-corrected chi connectivity index (χ1v) is 5.85. The number of thioether (sulfide) groups is 1. The highest BCUT2D eigenvalue weighted by atomic mass is 32.2. The van der Waals surface area contributed by atoms with Crippen LogP contribution in [-0.2, 0) is 11.8 Å². The second-order valence-electron chi connectivity index (χ2n) is 3.53. The summed E-state index contributed by atoms with van der Waals surface area (Å²) in [6.07, 6.45) is 3.04. The van der Waals surface area contributed by atoms with Crippen molar-refractivity contribution in [2.75, 3.05) is 11.6 Å². The molecule has 1 amide bonds. The first kappa shape index (κ1) is 11.0. The average molecular weight is 241 g/mol. The van der Waals surface area contributed by atoms with Crippen LogP contribution in [0.15, 0.2) is 12.4 Å². The van der Waals surface area contributed by atoms with Gasteiger partial charge in [0.25, 0.3) is 5.91 Å². The molecule has 1 aliphatic heterocycles. The van der Waals surface area contributed by atoms with E-state index in [0.717, 1.165) is 0 Å². The molecule has 16 heavy (non-hydrogen) atoms. The van der Waals surface area contributed by atoms with E-state index >= 15 is 0 Å². The number of nitrogens with zero attached hydrogens (tertiary/aromatic N) is 3. The molecule has 0 saturated carbocycles. The van der Waals surface area contributed by atoms with E-state index in [1.165, 1.54) is 27.5 Å². The highest BCUT2D eigenvalue weighted by Gasteiger charge is 2.35. The van der Waals surface area contributed by atoms with Gasteiger partial charge in [0.15, 0.2) is 0 Å². The van der Waals surface area contributed by atoms with Crippen molar-refractivity contribution in [1.82, 2.24) is 14.7 Å². The topological polar surface area (TPSA) is 75.4 Å². The molecular formula is C9H11N3O3S. The normalized spacial score (nSPS) is 20.1. The number of aromatic nitrogens is 2. The molecule has 1 atom stereocenters. The van der Waals surface area contributed by atoms with Crippen LogP contribution in [0.3, 0.4) is 0 Å². The van der Waals surface area contributed by atoms with Crippen LogP contribution < -0.4 is 0 Å². The zero-order chi connectivity index (χ0) is 11.7. The van der Waals surface area contributed by atoms with Crippen molar-refractivity contribution in [2.45, 2.75) is 6.04 Å². The Morgan fingerprint density at radius 3 is 2.94 bits per heavy atom. The second kappa shape index (κ2) is 4.17. The molecule has 1 fully saturated rings. The van der Waals surface area contributed by atoms with Gasteiger partial charge in [-0.25, -0.2) is 4.79 Å². The van der Waals surface area contributed by atoms with E-state index in [0.29, 0.717) is 17.2 Å². The van der Waals surface area contributed by atoms with Crippen LogP contribution in [0.2, 0.25) is 0 Å². The van der Waals surface area contributed by atoms with Gasteiger partial charge >= 0.3 is 5.97 Å². The van der Waals surface area contributed by atoms with Crippen LogP contribution in [0.5, 0.6) is 0 Å². The summed E-state index contributed by atoms with van der Waals surface area (Å²) in [7, 11) is 1.71. The van der Waals surface area contributed by atoms with Gasteiger partial charge in [-0.2, -0.15) is 5.10 Å². The molecule has 0 radical (unpaired) electrons. The molecule has 1 saturated heterocycles. The summed E-state index contributed by atoms with van der Waals surface area (Å²) in [4.78, 5) is 24.3. The van der Waals surface area contributed by atoms with Crippen LogP contribution in [0, 0.1) is 0 Å². The predicted octanol–water partition coefficient (Wildman–Crippen LogP) is 0.0198. The Bertz CT molecular complexity index is 431. The maximum absolute atomic E-state index is 12.0. The molecule has 2 heterocycles. The van der Waals surface area contributed by atoms with Gasteiger partial charge in [-0.05, 0) is 0 Å². The van der Waals surface area contributed by atoms with E-state index in [9.17, 15) is 9.59 Å². The number of carbonyl (C=O) groups excluding carboxylic acids is 1. The number of carboxylic acid groups (broad SMARTS) is 1. The smallest absolute Gasteiger partial charge is 0.327 e. The van der Waals surface area contributed by atoms with Crippen molar-refractivity contribution in [1.29, 1.82) is 0 Å². The minimum Gasteiger partial charge on any atom is -0.480 e. The Morgan fingerprint density at radius 1 is 1.62 bits per heavy atom. The van der Waals surface area contributed by atoms with E-state index in [1.807, 2.05) is 0 Å². The van der Waals surface area contributed by atoms with Gasteiger partial charge in [-0.15, -0.1) is 11.8 Å². The number of carboxylic acids is 1. The summed E-state index contributed by atoms with van der Waals surface area (Å²) in [5.41, 5.74) is 0.427. The molecule has 0 spiro atoms. The monoisotopic (exact) mass is 241 g/mol. The van der Waals surface area contributed by atoms with Crippen molar-refractivity contribution in [3.8, 4) is 0 Å². The van der Waals surface area contributed by atoms with Gasteiger partial charge in [0.1, 0.15) is 6.04 Å². The largest absolute Gasteiger partial charge is 0.480 e. The molecule has 1 aromatic rings. The third kappa shape index (κ3) is 1.90. The molecule has 6 nitrogen and oxygen atoms in total. The van der Waals surface area contributed by atoms with Crippen molar-refractivity contribution in [3.05, 3.63) is 18.0 Å². The Balaban J connectivity index is 2.18. The van der Waals surface area contributed by atoms with Crippen LogP contribution in [-0.4, -0.2) is 49.3 Å². The van der Waals surface area contributed by atoms with Gasteiger partial charge < -0.3 is 10.0 Å². The van der Waals surface area contributed by atoms with E-state index in [4.69, 9.17) is 5.11 Å². The van der Waals surface area contributed by atoms with Crippen molar-refractivity contribution >= 4 is 23.6 Å². The molecule has 1 N–H and O–H groups in total. The molecule has 0 unspecified atom stereocenters. The standard InChI is InChI=1S/C9H11N3O3S/c1-11-3-6(2-10-11)8(13)12-5-16-4-7(12)9(14)15/h2-3,7H,4-5H2,1H3,(H,14,15)/t7-/m0/s1. The van der Waals surface area contributed by atoms with Crippen LogP contribution in [0.1, 0.15) is 10.4 Å². The fraction of sp³-hybridized carbons (Fsp3) is 0.444. The third-order valence-corrected chi connectivity index (χ3v) is 3.39. The van der Waals surface area contributed by atoms with E-state index < -0.39 is 12.0 Å². The SMILES string of the molecule is Cn1cc(C(=O)N2CSC[C@H]2C(=O)O)cn1. The zero-order valence-electron chi connectivity index (χ0n) is 8.66. The first-order valence-electron chi connectivity index (χ1n) is 4.70. The van der Waals surface area contributed by atoms with Gasteiger partial charge in [0.2, 0.25) is 0 Å². The van der Waals surface area contributed by atoms with Crippen molar-refractivity contribution in [3.63, 3.8) is 0 Å². The molecule has 0 aromatic carbocycles. The summed E-state index contributed by atoms with van der Waals surface area (Å²) >= 11 is 1.45. The second-order valence-corrected chi connectivity index (χ2v) is 4.53. The van der Waals surface area contributed by atoms with Crippen LogP contribution in [0.4, 0.5) is 0 Å². The predicted molar refractivity (Wildman–Crippen MR) is 58.1 cm³/mol. The lowest BCUT2D eigenvalue weighted by Crippen LogP contribution is -2.41. The summed E-state index contributed by atoms with van der Waals surface area (Å²) in [6.45, 7) is 0. The molecule has 0 bridgehead atoms. The van der Waals surface area contributed by atoms with Gasteiger partial charge in [0, 0.05) is 19.0 Å². The third-order valence-electron chi connectivity index (χ3n) is 2.38. The Hall–Kier alpha value is -1.50. The maximum atomic E-state index is 12.0. The van der Waals surface area contributed by atoms with Gasteiger partial charge in [-0.3, -0.25) is 9.48 Å². The maximum Gasteiger partial charge on any atom is 0.327 e. The Morgan fingerprint density at radius 2 is 2.38 bits per heavy atom. The molecular weight excluding hydrogens is 230 g/mol. The lowest BCUT2D eigenvalue weighted by molar-refractivity contribution is -0.140. The lowest BCUT2D eigenvalue weighted by atomic mass is 10.2. The number of aryl methyl sites for hydroxylation is 1. The van der Waals surface area contributed by atoms with Crippen molar-refractivity contribution in [2.24, 2.45) is 7.05 Å². The van der Waals surface area contributed by atoms with Crippen LogP contribution in [0.25, 0.3) is 0 Å². The van der Waals surface area contributed by atoms with Crippen molar-refractivity contribution < 1.29 is 14.7 Å². The summed E-state index contributed by atoms with van der Waals surface area (Å²) in [5.74, 6) is -0.362. The minimum absolute atomic E-state index is 0.273. The Kier molecular flexibility index (Phi) is 2.86. The summed E-state index contributed by atoms with van der Waals surface area (Å²) < 4.78 is 1.52. The number of hydrogen-bond donors (Lipinski definition) is 1. The number of rotatable bonds is 2. The molecule has 1 aromatic heterocycles. The highest BCUT2D eigenvalue weighted by molar-refractivity contribution is 7.99. The fourth-order valence-corrected chi connectivity index (χ4v) is 2.69. The minimum atomic E-state index is -0.956. The van der Waals surface area contributed by atoms with E-state index in [1.54, 1.807) is 13.2 Å². The Labute approximate surface area is 96.2 Å². The quantitative estimate of drug-likeness (QED) is 0.790. The fourth-order valence-electron chi connectivity index (χ4n) is 1.54. The van der Waals surface area contributed by atoms with Gasteiger partial charge in [-0.1, -0.05) is 0 Å². The number of carbonyl (C=O) groups is 2. The zero-order valence-corrected chi connectivity index (χ0v) is 9.48. The molecule has 0 aliphatic carbocycles. The summed E-state index contributed by atoms with van der Waals surface area (Å²) in [6, 6.07) is -0.724. The average Bonchev–Trinajstić information content (AvgIpc) is 2.84. The molecule has 86 valence electrons. The molecule has 2 rings (SSSR count). The summed E-state index contributed by atoms with van der Waals surface area (Å²) in [5, 5.41) is 12.9. The number of amides is 1. The first-order chi connectivity index (χ1) is 7.59. The highest BCUT2D eigenvalue weighted by Crippen LogP contribution is 2.23. The lowest BCUT2D eigenvalue weighted by Gasteiger charge is -2.19. The van der Waals surface area contributed by atoms with E-state index in [-0.39, 0.29) is 5.91 Å². The molecule has 7 heteroatoms.